The van der Waals surface area contributed by atoms with E-state index in [2.05, 4.69) is 5.32 Å². The van der Waals surface area contributed by atoms with Gasteiger partial charge in [-0.25, -0.2) is 4.79 Å². The molecule has 20 heavy (non-hydrogen) atoms. The Bertz CT molecular complexity index is 502. The molecule has 0 aliphatic heterocycles. The van der Waals surface area contributed by atoms with Gasteiger partial charge in [0, 0.05) is 18.9 Å². The molecule has 0 aliphatic carbocycles. The number of hydrogen-bond acceptors (Lipinski definition) is 5. The number of aliphatic carboxylic acids is 1. The number of carbonyl (C=O) groups is 2. The summed E-state index contributed by atoms with van der Waals surface area (Å²) >= 11 is 0. The zero-order valence-corrected chi connectivity index (χ0v) is 11.0. The van der Waals surface area contributed by atoms with Crippen LogP contribution >= 0.6 is 0 Å². The first-order valence-electron chi connectivity index (χ1n) is 6.08. The van der Waals surface area contributed by atoms with Gasteiger partial charge >= 0.3 is 5.97 Å². The van der Waals surface area contributed by atoms with Gasteiger partial charge in [-0.05, 0) is 24.6 Å². The summed E-state index contributed by atoms with van der Waals surface area (Å²) in [6, 6.07) is 2.51. The lowest BCUT2D eigenvalue weighted by molar-refractivity contribution is -0.141. The largest absolute Gasteiger partial charge is 0.504 e. The molecule has 0 bridgehead atoms. The van der Waals surface area contributed by atoms with Gasteiger partial charge in [0.1, 0.15) is 6.04 Å². The fourth-order valence-corrected chi connectivity index (χ4v) is 1.68. The number of phenols is 2. The fraction of sp³-hybridized carbons (Fsp3) is 0.385. The maximum Gasteiger partial charge on any atom is 0.326 e. The third-order valence-corrected chi connectivity index (χ3v) is 2.62. The third-order valence-electron chi connectivity index (χ3n) is 2.62. The number of aromatic hydroxyl groups is 2. The number of carboxylic acid groups (broad SMARTS) is 1. The van der Waals surface area contributed by atoms with Crippen molar-refractivity contribution >= 4 is 11.9 Å². The Balaban J connectivity index is 2.74. The van der Waals surface area contributed by atoms with Gasteiger partial charge in [-0.15, -0.1) is 0 Å². The van der Waals surface area contributed by atoms with Crippen molar-refractivity contribution in [2.24, 2.45) is 5.73 Å². The fourth-order valence-electron chi connectivity index (χ4n) is 1.68. The summed E-state index contributed by atoms with van der Waals surface area (Å²) in [5, 5.41) is 30.0. The predicted octanol–water partition coefficient (Wildman–Crippen LogP) is -0.0530. The maximum atomic E-state index is 11.5. The lowest BCUT2D eigenvalue weighted by Crippen LogP contribution is -2.43. The van der Waals surface area contributed by atoms with Crippen molar-refractivity contribution < 1.29 is 24.9 Å². The van der Waals surface area contributed by atoms with E-state index in [1.54, 1.807) is 6.92 Å². The van der Waals surface area contributed by atoms with Crippen LogP contribution in [0.15, 0.2) is 18.2 Å². The standard InChI is InChI=1S/C13H18N2O5/c1-7(14)4-12(18)15-9(13(19)20)5-8-2-3-10(16)11(17)6-8/h2-3,6-7,9,16-17H,4-5,14H2,1H3,(H,15,18)(H,19,20)/t7?,9-/m0/s1. The first-order valence-corrected chi connectivity index (χ1v) is 6.08. The molecule has 0 heterocycles. The average molecular weight is 282 g/mol. The van der Waals surface area contributed by atoms with Gasteiger partial charge in [-0.2, -0.15) is 0 Å². The molecule has 1 aromatic carbocycles. The van der Waals surface area contributed by atoms with Crippen LogP contribution < -0.4 is 11.1 Å². The molecule has 0 fully saturated rings. The molecule has 0 aliphatic rings. The van der Waals surface area contributed by atoms with Crippen LogP contribution in [0, 0.1) is 0 Å². The molecule has 6 N–H and O–H groups in total. The average Bonchev–Trinajstić information content (AvgIpc) is 2.31. The van der Waals surface area contributed by atoms with E-state index in [1.165, 1.54) is 18.2 Å². The van der Waals surface area contributed by atoms with Crippen molar-refractivity contribution in [3.8, 4) is 11.5 Å². The van der Waals surface area contributed by atoms with E-state index < -0.39 is 17.9 Å². The summed E-state index contributed by atoms with van der Waals surface area (Å²) < 4.78 is 0. The van der Waals surface area contributed by atoms with E-state index in [9.17, 15) is 19.8 Å². The Kier molecular flexibility index (Phi) is 5.33. The Morgan fingerprint density at radius 1 is 1.30 bits per heavy atom. The second-order valence-electron chi connectivity index (χ2n) is 4.67. The highest BCUT2D eigenvalue weighted by Crippen LogP contribution is 2.25. The highest BCUT2D eigenvalue weighted by atomic mass is 16.4. The number of nitrogens with one attached hydrogen (secondary N) is 1. The van der Waals surface area contributed by atoms with Crippen molar-refractivity contribution in [3.05, 3.63) is 23.8 Å². The number of hydrogen-bond donors (Lipinski definition) is 5. The van der Waals surface area contributed by atoms with Crippen molar-refractivity contribution in [2.45, 2.75) is 31.8 Å². The minimum Gasteiger partial charge on any atom is -0.504 e. The lowest BCUT2D eigenvalue weighted by atomic mass is 10.0. The van der Waals surface area contributed by atoms with Crippen LogP contribution in [0.1, 0.15) is 18.9 Å². The van der Waals surface area contributed by atoms with Crippen molar-refractivity contribution in [1.82, 2.24) is 5.32 Å². The molecule has 7 heteroatoms. The Labute approximate surface area is 116 Å². The molecular weight excluding hydrogens is 264 g/mol. The Morgan fingerprint density at radius 3 is 2.45 bits per heavy atom. The molecule has 0 saturated carbocycles. The minimum atomic E-state index is -1.18. The van der Waals surface area contributed by atoms with Crippen LogP contribution in [-0.2, 0) is 16.0 Å². The van der Waals surface area contributed by atoms with Crippen LogP contribution in [0.3, 0.4) is 0 Å². The zero-order chi connectivity index (χ0) is 15.3. The van der Waals surface area contributed by atoms with E-state index in [1.807, 2.05) is 0 Å². The van der Waals surface area contributed by atoms with Crippen LogP contribution in [0.4, 0.5) is 0 Å². The molecule has 0 aromatic heterocycles. The summed E-state index contributed by atoms with van der Waals surface area (Å²) in [6.45, 7) is 1.65. The third kappa shape index (κ3) is 4.77. The SMILES string of the molecule is CC(N)CC(=O)N[C@@H](Cc1ccc(O)c(O)c1)C(=O)O. The van der Waals surface area contributed by atoms with E-state index in [-0.39, 0.29) is 30.4 Å². The van der Waals surface area contributed by atoms with E-state index >= 15 is 0 Å². The summed E-state index contributed by atoms with van der Waals surface area (Å²) in [6.07, 6.45) is 0.0263. The molecule has 7 nitrogen and oxygen atoms in total. The van der Waals surface area contributed by atoms with Gasteiger partial charge in [0.05, 0.1) is 0 Å². The number of carboxylic acids is 1. The number of rotatable bonds is 6. The highest BCUT2D eigenvalue weighted by Gasteiger charge is 2.21. The van der Waals surface area contributed by atoms with Gasteiger partial charge < -0.3 is 26.4 Å². The Morgan fingerprint density at radius 2 is 1.95 bits per heavy atom. The van der Waals surface area contributed by atoms with Crippen LogP contribution in [0.25, 0.3) is 0 Å². The van der Waals surface area contributed by atoms with Crippen LogP contribution in [-0.4, -0.2) is 39.3 Å². The van der Waals surface area contributed by atoms with Crippen LogP contribution in [0.5, 0.6) is 11.5 Å². The molecule has 2 atom stereocenters. The quantitative estimate of drug-likeness (QED) is 0.464. The van der Waals surface area contributed by atoms with Crippen molar-refractivity contribution in [2.75, 3.05) is 0 Å². The van der Waals surface area contributed by atoms with Crippen molar-refractivity contribution in [1.29, 1.82) is 0 Å². The topological polar surface area (TPSA) is 133 Å². The van der Waals surface area contributed by atoms with E-state index in [0.29, 0.717) is 5.56 Å². The molecular formula is C13H18N2O5. The summed E-state index contributed by atoms with van der Waals surface area (Å²) in [5.41, 5.74) is 5.95. The Hall–Kier alpha value is -2.28. The lowest BCUT2D eigenvalue weighted by Gasteiger charge is -2.15. The number of carbonyl (C=O) groups excluding carboxylic acids is 1. The van der Waals surface area contributed by atoms with Crippen LogP contribution in [0.2, 0.25) is 0 Å². The molecule has 1 amide bonds. The first-order chi connectivity index (χ1) is 9.29. The molecule has 1 aromatic rings. The minimum absolute atomic E-state index is 0.00609. The van der Waals surface area contributed by atoms with E-state index in [0.717, 1.165) is 0 Å². The maximum absolute atomic E-state index is 11.5. The number of amides is 1. The van der Waals surface area contributed by atoms with Gasteiger partial charge in [0.25, 0.3) is 0 Å². The molecule has 0 spiro atoms. The summed E-state index contributed by atoms with van der Waals surface area (Å²) in [7, 11) is 0. The second kappa shape index (κ2) is 6.76. The number of benzene rings is 1. The number of nitrogens with two attached hydrogens (primary N) is 1. The van der Waals surface area contributed by atoms with Gasteiger partial charge in [0.15, 0.2) is 11.5 Å². The van der Waals surface area contributed by atoms with Gasteiger partial charge in [0.2, 0.25) is 5.91 Å². The zero-order valence-electron chi connectivity index (χ0n) is 11.0. The number of phenolic OH excluding ortho intramolecular Hbond substituents is 2. The molecule has 0 saturated heterocycles. The predicted molar refractivity (Wildman–Crippen MR) is 71.3 cm³/mol. The molecule has 110 valence electrons. The van der Waals surface area contributed by atoms with Gasteiger partial charge in [-0.1, -0.05) is 6.07 Å². The monoisotopic (exact) mass is 282 g/mol. The first kappa shape index (κ1) is 15.8. The van der Waals surface area contributed by atoms with Gasteiger partial charge in [-0.3, -0.25) is 4.79 Å². The smallest absolute Gasteiger partial charge is 0.326 e. The molecule has 1 rings (SSSR count). The van der Waals surface area contributed by atoms with E-state index in [4.69, 9.17) is 10.8 Å². The second-order valence-corrected chi connectivity index (χ2v) is 4.67. The van der Waals surface area contributed by atoms with Crippen molar-refractivity contribution in [3.63, 3.8) is 0 Å². The molecule has 1 unspecified atom stereocenters. The molecule has 0 radical (unpaired) electrons. The summed E-state index contributed by atoms with van der Waals surface area (Å²) in [4.78, 5) is 22.7. The normalized spacial score (nSPS) is 13.5. The highest BCUT2D eigenvalue weighted by molar-refractivity contribution is 5.84. The summed E-state index contributed by atoms with van der Waals surface area (Å²) in [5.74, 6) is -2.26.